The maximum absolute atomic E-state index is 13.3. The summed E-state index contributed by atoms with van der Waals surface area (Å²) in [5.41, 5.74) is 1.29. The predicted octanol–water partition coefficient (Wildman–Crippen LogP) is 4.69. The van der Waals surface area contributed by atoms with Gasteiger partial charge in [0.1, 0.15) is 17.3 Å². The zero-order valence-corrected chi connectivity index (χ0v) is 13.4. The summed E-state index contributed by atoms with van der Waals surface area (Å²) in [5, 5.41) is 9.29. The lowest BCUT2D eigenvalue weighted by Gasteiger charge is -2.30. The van der Waals surface area contributed by atoms with Crippen LogP contribution in [-0.2, 0) is 0 Å². The number of ether oxygens (including phenoxy) is 1. The molecule has 2 rings (SSSR count). The lowest BCUT2D eigenvalue weighted by Crippen LogP contribution is -2.35. The summed E-state index contributed by atoms with van der Waals surface area (Å²) in [7, 11) is -1.77. The van der Waals surface area contributed by atoms with Crippen LogP contribution < -0.4 is 4.74 Å². The maximum Gasteiger partial charge on any atom is 0.126 e. The molecule has 1 atom stereocenters. The van der Waals surface area contributed by atoms with Crippen LogP contribution in [0.25, 0.3) is 0 Å². The van der Waals surface area contributed by atoms with Gasteiger partial charge in [0, 0.05) is 11.6 Å². The van der Waals surface area contributed by atoms with Gasteiger partial charge in [-0.1, -0.05) is 43.9 Å². The van der Waals surface area contributed by atoms with Crippen LogP contribution in [0.4, 0.5) is 4.39 Å². The van der Waals surface area contributed by atoms with Crippen molar-refractivity contribution in [3.8, 4) is 11.8 Å². The Bertz CT molecular complexity index is 673. The highest BCUT2D eigenvalue weighted by atomic mass is 28.3. The summed E-state index contributed by atoms with van der Waals surface area (Å²) in [5.74, 6) is 0.172. The van der Waals surface area contributed by atoms with Crippen LogP contribution in [0.2, 0.25) is 19.6 Å². The summed E-state index contributed by atoms with van der Waals surface area (Å²) < 4.78 is 19.4. The zero-order valence-electron chi connectivity index (χ0n) is 12.4. The topological polar surface area (TPSA) is 33.0 Å². The van der Waals surface area contributed by atoms with Crippen LogP contribution in [-0.4, -0.2) is 8.07 Å². The predicted molar refractivity (Wildman–Crippen MR) is 84.3 cm³/mol. The molecule has 0 aromatic heterocycles. The Kier molecular flexibility index (Phi) is 4.44. The molecule has 0 saturated heterocycles. The molecule has 0 aliphatic carbocycles. The molecule has 2 aromatic rings. The second-order valence-corrected chi connectivity index (χ2v) is 11.3. The van der Waals surface area contributed by atoms with Gasteiger partial charge in [-0.05, 0) is 18.2 Å². The Morgan fingerprint density at radius 1 is 1.10 bits per heavy atom. The van der Waals surface area contributed by atoms with Gasteiger partial charge in [0.25, 0.3) is 0 Å². The minimum Gasteiger partial charge on any atom is -0.489 e. The number of rotatable bonds is 4. The van der Waals surface area contributed by atoms with Gasteiger partial charge < -0.3 is 4.74 Å². The highest BCUT2D eigenvalue weighted by Crippen LogP contribution is 2.32. The minimum atomic E-state index is -1.77. The van der Waals surface area contributed by atoms with Crippen LogP contribution in [0.5, 0.6) is 5.75 Å². The third-order valence-corrected chi connectivity index (χ3v) is 5.20. The average molecular weight is 299 g/mol. The van der Waals surface area contributed by atoms with Crippen LogP contribution >= 0.6 is 0 Å². The van der Waals surface area contributed by atoms with Crippen LogP contribution in [0.15, 0.2) is 48.5 Å². The molecular weight excluding hydrogens is 281 g/mol. The second-order valence-electron chi connectivity index (χ2n) is 6.02. The molecule has 1 unspecified atom stereocenters. The van der Waals surface area contributed by atoms with Crippen molar-refractivity contribution in [1.82, 2.24) is 0 Å². The summed E-state index contributed by atoms with van der Waals surface area (Å²) in [4.78, 5) is 0. The molecule has 21 heavy (non-hydrogen) atoms. The minimum absolute atomic E-state index is 0.199. The van der Waals surface area contributed by atoms with Gasteiger partial charge in [0.05, 0.1) is 19.7 Å². The third-order valence-electron chi connectivity index (χ3n) is 3.20. The molecule has 0 saturated carbocycles. The van der Waals surface area contributed by atoms with Gasteiger partial charge in [-0.25, -0.2) is 4.39 Å². The van der Waals surface area contributed by atoms with E-state index in [1.807, 2.05) is 18.2 Å². The van der Waals surface area contributed by atoms with E-state index in [1.54, 1.807) is 18.2 Å². The average Bonchev–Trinajstić information content (AvgIpc) is 2.44. The van der Waals surface area contributed by atoms with Gasteiger partial charge in [0.15, 0.2) is 0 Å². The van der Waals surface area contributed by atoms with Crippen molar-refractivity contribution in [3.05, 3.63) is 65.5 Å². The highest BCUT2D eigenvalue weighted by Gasteiger charge is 2.32. The monoisotopic (exact) mass is 299 g/mol. The van der Waals surface area contributed by atoms with Crippen molar-refractivity contribution in [2.75, 3.05) is 0 Å². The fourth-order valence-electron chi connectivity index (χ4n) is 2.21. The zero-order chi connectivity index (χ0) is 15.5. The van der Waals surface area contributed by atoms with Gasteiger partial charge in [0.2, 0.25) is 0 Å². The molecule has 2 nitrogen and oxygen atoms in total. The van der Waals surface area contributed by atoms with E-state index in [2.05, 4.69) is 25.7 Å². The number of benzene rings is 2. The van der Waals surface area contributed by atoms with Crippen molar-refractivity contribution >= 4 is 8.07 Å². The number of hydrogen-bond acceptors (Lipinski definition) is 2. The fraction of sp³-hybridized carbons (Fsp3) is 0.235. The molecule has 0 fully saturated rings. The number of halogens is 1. The van der Waals surface area contributed by atoms with E-state index < -0.39 is 8.07 Å². The molecule has 0 amide bonds. The van der Waals surface area contributed by atoms with Crippen molar-refractivity contribution in [3.63, 3.8) is 0 Å². The first kappa shape index (κ1) is 15.3. The molecule has 0 aliphatic heterocycles. The Morgan fingerprint density at radius 2 is 1.81 bits per heavy atom. The van der Waals surface area contributed by atoms with Crippen LogP contribution in [0.1, 0.15) is 16.9 Å². The normalized spacial score (nSPS) is 12.5. The summed E-state index contributed by atoms with van der Waals surface area (Å²) >= 11 is 0. The Balaban J connectivity index is 2.43. The van der Waals surface area contributed by atoms with E-state index in [4.69, 9.17) is 4.74 Å². The molecule has 4 heteroatoms. The Hall–Kier alpha value is -2.12. The lowest BCUT2D eigenvalue weighted by atomic mass is 10.1. The van der Waals surface area contributed by atoms with Crippen LogP contribution in [0, 0.1) is 17.1 Å². The first-order chi connectivity index (χ1) is 9.91. The summed E-state index contributed by atoms with van der Waals surface area (Å²) in [6, 6.07) is 15.8. The van der Waals surface area contributed by atoms with E-state index >= 15 is 0 Å². The number of nitriles is 1. The highest BCUT2D eigenvalue weighted by molar-refractivity contribution is 6.77. The molecule has 108 valence electrons. The van der Waals surface area contributed by atoms with E-state index in [9.17, 15) is 9.65 Å². The van der Waals surface area contributed by atoms with Crippen molar-refractivity contribution < 1.29 is 9.13 Å². The number of hydrogen-bond donors (Lipinski definition) is 0. The molecule has 0 radical (unpaired) electrons. The smallest absolute Gasteiger partial charge is 0.126 e. The third kappa shape index (κ3) is 3.70. The molecule has 0 N–H and O–H groups in total. The SMILES string of the molecule is C[Si](C)(C)C(Oc1cccc(F)c1)c1ccccc1C#N. The van der Waals surface area contributed by atoms with Gasteiger partial charge in [-0.3, -0.25) is 0 Å². The molecule has 0 bridgehead atoms. The van der Waals surface area contributed by atoms with Crippen molar-refractivity contribution in [2.24, 2.45) is 0 Å². The van der Waals surface area contributed by atoms with Gasteiger partial charge in [-0.15, -0.1) is 0 Å². The summed E-state index contributed by atoms with van der Waals surface area (Å²) in [6.07, 6.45) is 0. The maximum atomic E-state index is 13.3. The molecule has 2 aromatic carbocycles. The standard InChI is InChI=1S/C17H18FNOSi/c1-21(2,3)17(16-10-5-4-7-13(16)12-19)20-15-9-6-8-14(18)11-15/h4-11,17H,1-3H3. The van der Waals surface area contributed by atoms with E-state index in [-0.39, 0.29) is 11.5 Å². The number of nitrogens with zero attached hydrogens (tertiary/aromatic N) is 1. The van der Waals surface area contributed by atoms with E-state index in [0.717, 1.165) is 5.56 Å². The fourth-order valence-corrected chi connectivity index (χ4v) is 3.88. The molecular formula is C17H18FNOSi. The largest absolute Gasteiger partial charge is 0.489 e. The van der Waals surface area contributed by atoms with E-state index in [1.165, 1.54) is 12.1 Å². The second kappa shape index (κ2) is 6.11. The molecule has 0 heterocycles. The van der Waals surface area contributed by atoms with Crippen LogP contribution in [0.3, 0.4) is 0 Å². The first-order valence-electron chi connectivity index (χ1n) is 6.83. The molecule has 0 aliphatic rings. The van der Waals surface area contributed by atoms with Crippen molar-refractivity contribution in [2.45, 2.75) is 25.4 Å². The quantitative estimate of drug-likeness (QED) is 0.767. The van der Waals surface area contributed by atoms with Gasteiger partial charge in [-0.2, -0.15) is 5.26 Å². The van der Waals surface area contributed by atoms with Gasteiger partial charge >= 0.3 is 0 Å². The lowest BCUT2D eigenvalue weighted by molar-refractivity contribution is 0.274. The molecule has 0 spiro atoms. The summed E-state index contributed by atoms with van der Waals surface area (Å²) in [6.45, 7) is 6.52. The Labute approximate surface area is 125 Å². The first-order valence-corrected chi connectivity index (χ1v) is 10.4. The van der Waals surface area contributed by atoms with Crippen molar-refractivity contribution in [1.29, 1.82) is 5.26 Å². The Morgan fingerprint density at radius 3 is 2.43 bits per heavy atom. The van der Waals surface area contributed by atoms with E-state index in [0.29, 0.717) is 11.3 Å².